The SMILES string of the molecule is CCOC1CCCN(Cc2cc(Br)c(O)c(OC)c2)C1. The minimum atomic E-state index is 0.155. The second kappa shape index (κ2) is 7.29. The van der Waals surface area contributed by atoms with E-state index in [-0.39, 0.29) is 5.75 Å². The minimum Gasteiger partial charge on any atom is -0.503 e. The summed E-state index contributed by atoms with van der Waals surface area (Å²) in [5.41, 5.74) is 1.13. The topological polar surface area (TPSA) is 41.9 Å². The predicted molar refractivity (Wildman–Crippen MR) is 82.3 cm³/mol. The number of phenols is 1. The first-order valence-electron chi connectivity index (χ1n) is 7.03. The maximum atomic E-state index is 9.83. The van der Waals surface area contributed by atoms with Crippen molar-refractivity contribution in [1.82, 2.24) is 4.90 Å². The molecule has 112 valence electrons. The molecule has 20 heavy (non-hydrogen) atoms. The summed E-state index contributed by atoms with van der Waals surface area (Å²) >= 11 is 3.37. The Morgan fingerprint density at radius 2 is 2.25 bits per heavy atom. The van der Waals surface area contributed by atoms with E-state index in [9.17, 15) is 5.11 Å². The van der Waals surface area contributed by atoms with Crippen molar-refractivity contribution in [3.05, 3.63) is 22.2 Å². The highest BCUT2D eigenvalue weighted by Crippen LogP contribution is 2.35. The van der Waals surface area contributed by atoms with Gasteiger partial charge in [-0.25, -0.2) is 0 Å². The molecule has 4 nitrogen and oxygen atoms in total. The molecule has 5 heteroatoms. The zero-order valence-corrected chi connectivity index (χ0v) is 13.6. The fraction of sp³-hybridized carbons (Fsp3) is 0.600. The van der Waals surface area contributed by atoms with E-state index in [2.05, 4.69) is 20.8 Å². The Labute approximate surface area is 128 Å². The van der Waals surface area contributed by atoms with Crippen molar-refractivity contribution in [3.8, 4) is 11.5 Å². The summed E-state index contributed by atoms with van der Waals surface area (Å²) in [6.45, 7) is 5.72. The molecule has 0 spiro atoms. The third-order valence-electron chi connectivity index (χ3n) is 3.58. The molecule has 1 aromatic rings. The Morgan fingerprint density at radius 1 is 1.45 bits per heavy atom. The van der Waals surface area contributed by atoms with Crippen LogP contribution in [0.3, 0.4) is 0 Å². The molecule has 1 aromatic carbocycles. The van der Waals surface area contributed by atoms with Crippen molar-refractivity contribution in [2.24, 2.45) is 0 Å². The lowest BCUT2D eigenvalue weighted by molar-refractivity contribution is 0.00361. The van der Waals surface area contributed by atoms with Crippen LogP contribution in [0.2, 0.25) is 0 Å². The van der Waals surface area contributed by atoms with Gasteiger partial charge in [0.05, 0.1) is 17.7 Å². The molecule has 0 bridgehead atoms. The summed E-state index contributed by atoms with van der Waals surface area (Å²) in [6, 6.07) is 3.84. The first kappa shape index (κ1) is 15.6. The number of methoxy groups -OCH3 is 1. The number of phenolic OH excluding ortho intramolecular Hbond substituents is 1. The van der Waals surface area contributed by atoms with Gasteiger partial charge >= 0.3 is 0 Å². The molecule has 1 N–H and O–H groups in total. The monoisotopic (exact) mass is 343 g/mol. The fourth-order valence-corrected chi connectivity index (χ4v) is 3.15. The molecule has 0 aromatic heterocycles. The number of benzene rings is 1. The summed E-state index contributed by atoms with van der Waals surface area (Å²) in [5, 5.41) is 9.83. The van der Waals surface area contributed by atoms with Gasteiger partial charge < -0.3 is 14.6 Å². The average molecular weight is 344 g/mol. The lowest BCUT2D eigenvalue weighted by Gasteiger charge is -2.32. The largest absolute Gasteiger partial charge is 0.503 e. The summed E-state index contributed by atoms with van der Waals surface area (Å²) in [4.78, 5) is 2.39. The Kier molecular flexibility index (Phi) is 5.69. The van der Waals surface area contributed by atoms with Gasteiger partial charge in [0.25, 0.3) is 0 Å². The van der Waals surface area contributed by atoms with Crippen molar-refractivity contribution in [1.29, 1.82) is 0 Å². The van der Waals surface area contributed by atoms with Gasteiger partial charge in [-0.05, 0) is 59.9 Å². The third-order valence-corrected chi connectivity index (χ3v) is 4.18. The number of hydrogen-bond acceptors (Lipinski definition) is 4. The van der Waals surface area contributed by atoms with Crippen molar-refractivity contribution >= 4 is 15.9 Å². The second-order valence-electron chi connectivity index (χ2n) is 5.08. The van der Waals surface area contributed by atoms with Crippen LogP contribution in [-0.4, -0.2) is 42.9 Å². The van der Waals surface area contributed by atoms with E-state index in [0.717, 1.165) is 38.2 Å². The van der Waals surface area contributed by atoms with E-state index in [1.807, 2.05) is 19.1 Å². The molecule has 0 saturated carbocycles. The van der Waals surface area contributed by atoms with Crippen LogP contribution in [0.4, 0.5) is 0 Å². The highest BCUT2D eigenvalue weighted by atomic mass is 79.9. The number of rotatable bonds is 5. The van der Waals surface area contributed by atoms with Crippen LogP contribution in [-0.2, 0) is 11.3 Å². The van der Waals surface area contributed by atoms with Crippen LogP contribution in [0.5, 0.6) is 11.5 Å². The number of aromatic hydroxyl groups is 1. The number of piperidine rings is 1. The van der Waals surface area contributed by atoms with Gasteiger partial charge in [0, 0.05) is 19.7 Å². The maximum Gasteiger partial charge on any atom is 0.172 e. The van der Waals surface area contributed by atoms with Crippen LogP contribution >= 0.6 is 15.9 Å². The quantitative estimate of drug-likeness (QED) is 0.891. The highest BCUT2D eigenvalue weighted by molar-refractivity contribution is 9.10. The van der Waals surface area contributed by atoms with Crippen molar-refractivity contribution in [2.45, 2.75) is 32.4 Å². The maximum absolute atomic E-state index is 9.83. The molecule has 1 aliphatic rings. The first-order chi connectivity index (χ1) is 9.63. The van der Waals surface area contributed by atoms with Crippen LogP contribution < -0.4 is 4.74 Å². The van der Waals surface area contributed by atoms with Crippen molar-refractivity contribution in [2.75, 3.05) is 26.8 Å². The zero-order valence-electron chi connectivity index (χ0n) is 12.1. The summed E-state index contributed by atoms with van der Waals surface area (Å²) < 4.78 is 11.6. The molecule has 1 saturated heterocycles. The molecule has 1 atom stereocenters. The molecule has 1 heterocycles. The Bertz CT molecular complexity index is 451. The zero-order chi connectivity index (χ0) is 14.5. The molecular weight excluding hydrogens is 322 g/mol. The molecular formula is C15H22BrNO3. The number of hydrogen-bond donors (Lipinski definition) is 1. The Hall–Kier alpha value is -0.780. The summed E-state index contributed by atoms with van der Waals surface area (Å²) in [6.07, 6.45) is 2.66. The van der Waals surface area contributed by atoms with Gasteiger partial charge in [-0.2, -0.15) is 0 Å². The van der Waals surface area contributed by atoms with E-state index >= 15 is 0 Å². The van der Waals surface area contributed by atoms with Crippen LogP contribution in [0, 0.1) is 0 Å². The van der Waals surface area contributed by atoms with Crippen LogP contribution in [0.1, 0.15) is 25.3 Å². The summed E-state index contributed by atoms with van der Waals surface area (Å²) in [7, 11) is 1.57. The van der Waals surface area contributed by atoms with Crippen molar-refractivity contribution < 1.29 is 14.6 Å². The first-order valence-corrected chi connectivity index (χ1v) is 7.82. The van der Waals surface area contributed by atoms with Crippen molar-refractivity contribution in [3.63, 3.8) is 0 Å². The standard InChI is InChI=1S/C15H22BrNO3/c1-3-20-12-5-4-6-17(10-12)9-11-7-13(16)15(18)14(8-11)19-2/h7-8,12,18H,3-6,9-10H2,1-2H3. The average Bonchev–Trinajstić information content (AvgIpc) is 2.43. The lowest BCUT2D eigenvalue weighted by Crippen LogP contribution is -2.39. The number of ether oxygens (including phenoxy) is 2. The fourth-order valence-electron chi connectivity index (χ4n) is 2.66. The predicted octanol–water partition coefficient (Wildman–Crippen LogP) is 3.16. The van der Waals surface area contributed by atoms with E-state index in [1.54, 1.807) is 7.11 Å². The Morgan fingerprint density at radius 3 is 2.95 bits per heavy atom. The number of nitrogens with zero attached hydrogens (tertiary/aromatic N) is 1. The lowest BCUT2D eigenvalue weighted by atomic mass is 10.1. The smallest absolute Gasteiger partial charge is 0.172 e. The normalized spacial score (nSPS) is 20.1. The molecule has 2 rings (SSSR count). The highest BCUT2D eigenvalue weighted by Gasteiger charge is 2.20. The Balaban J connectivity index is 2.04. The second-order valence-corrected chi connectivity index (χ2v) is 5.94. The minimum absolute atomic E-state index is 0.155. The van der Waals surface area contributed by atoms with Gasteiger partial charge in [-0.3, -0.25) is 4.90 Å². The van der Waals surface area contributed by atoms with Gasteiger partial charge in [-0.15, -0.1) is 0 Å². The molecule has 0 radical (unpaired) electrons. The van der Waals surface area contributed by atoms with Gasteiger partial charge in [0.15, 0.2) is 11.5 Å². The van der Waals surface area contributed by atoms with Crippen LogP contribution in [0.25, 0.3) is 0 Å². The molecule has 1 aliphatic heterocycles. The van der Waals surface area contributed by atoms with Gasteiger partial charge in [0.1, 0.15) is 0 Å². The third kappa shape index (κ3) is 3.87. The van der Waals surface area contributed by atoms with Gasteiger partial charge in [-0.1, -0.05) is 0 Å². The molecule has 0 amide bonds. The number of likely N-dealkylation sites (tertiary alicyclic amines) is 1. The van der Waals surface area contributed by atoms with E-state index in [1.165, 1.54) is 6.42 Å². The number of halogens is 1. The van der Waals surface area contributed by atoms with E-state index < -0.39 is 0 Å². The van der Waals surface area contributed by atoms with Gasteiger partial charge in [0.2, 0.25) is 0 Å². The van der Waals surface area contributed by atoms with E-state index in [4.69, 9.17) is 9.47 Å². The molecule has 1 unspecified atom stereocenters. The van der Waals surface area contributed by atoms with Crippen LogP contribution in [0.15, 0.2) is 16.6 Å². The molecule has 1 fully saturated rings. The summed E-state index contributed by atoms with van der Waals surface area (Å²) in [5.74, 6) is 0.662. The van der Waals surface area contributed by atoms with E-state index in [0.29, 0.717) is 16.3 Å². The molecule has 0 aliphatic carbocycles.